The summed E-state index contributed by atoms with van der Waals surface area (Å²) in [4.78, 5) is 13.9. The lowest BCUT2D eigenvalue weighted by atomic mass is 9.93. The molecular weight excluding hydrogens is 322 g/mol. The summed E-state index contributed by atoms with van der Waals surface area (Å²) in [5.41, 5.74) is 0. The first kappa shape index (κ1) is 15.3. The van der Waals surface area contributed by atoms with Gasteiger partial charge < -0.3 is 14.7 Å². The molecule has 110 valence electrons. The topological polar surface area (TPSA) is 49.8 Å². The minimum atomic E-state index is -0.366. The first-order chi connectivity index (χ1) is 9.58. The average molecular weight is 342 g/mol. The summed E-state index contributed by atoms with van der Waals surface area (Å²) < 4.78 is 6.39. The number of halogens is 1. The summed E-state index contributed by atoms with van der Waals surface area (Å²) >= 11 is 3.39. The molecule has 0 saturated carbocycles. The van der Waals surface area contributed by atoms with Crippen molar-refractivity contribution in [1.29, 1.82) is 0 Å². The molecule has 0 spiro atoms. The second kappa shape index (κ2) is 7.09. The molecule has 5 heteroatoms. The highest BCUT2D eigenvalue weighted by molar-refractivity contribution is 9.10. The summed E-state index contributed by atoms with van der Waals surface area (Å²) in [6, 6.07) is 7.47. The van der Waals surface area contributed by atoms with E-state index in [0.29, 0.717) is 12.3 Å². The summed E-state index contributed by atoms with van der Waals surface area (Å²) in [6.07, 6.45) is 1.55. The molecule has 0 aromatic heterocycles. The number of rotatable bonds is 4. The number of aliphatic hydroxyl groups is 1. The molecule has 0 unspecified atom stereocenters. The molecule has 0 bridgehead atoms. The van der Waals surface area contributed by atoms with Crippen LogP contribution in [0.1, 0.15) is 19.8 Å². The quantitative estimate of drug-likeness (QED) is 0.914. The fraction of sp³-hybridized carbons (Fsp3) is 0.533. The van der Waals surface area contributed by atoms with Crippen LogP contribution in [0.5, 0.6) is 5.75 Å². The van der Waals surface area contributed by atoms with Crippen LogP contribution in [0.15, 0.2) is 28.7 Å². The largest absolute Gasteiger partial charge is 0.483 e. The Morgan fingerprint density at radius 2 is 2.30 bits per heavy atom. The molecular formula is C15H20BrNO3. The van der Waals surface area contributed by atoms with E-state index in [4.69, 9.17) is 4.74 Å². The maximum atomic E-state index is 12.2. The van der Waals surface area contributed by atoms with Crippen LogP contribution >= 0.6 is 15.9 Å². The predicted octanol–water partition coefficient (Wildman–Crippen LogP) is 2.45. The van der Waals surface area contributed by atoms with Crippen molar-refractivity contribution < 1.29 is 14.6 Å². The van der Waals surface area contributed by atoms with Gasteiger partial charge >= 0.3 is 0 Å². The fourth-order valence-electron chi connectivity index (χ4n) is 2.42. The number of hydrogen-bond acceptors (Lipinski definition) is 3. The Labute approximate surface area is 127 Å². The van der Waals surface area contributed by atoms with Crippen LogP contribution in [0.3, 0.4) is 0 Å². The van der Waals surface area contributed by atoms with E-state index >= 15 is 0 Å². The lowest BCUT2D eigenvalue weighted by molar-refractivity contribution is -0.136. The molecule has 1 heterocycles. The minimum Gasteiger partial charge on any atom is -0.483 e. The second-order valence-corrected chi connectivity index (χ2v) is 6.06. The zero-order valence-corrected chi connectivity index (χ0v) is 13.2. The van der Waals surface area contributed by atoms with E-state index in [1.165, 1.54) is 0 Å². The van der Waals surface area contributed by atoms with Crippen molar-refractivity contribution >= 4 is 21.8 Å². The summed E-state index contributed by atoms with van der Waals surface area (Å²) in [7, 11) is 0. The van der Waals surface area contributed by atoms with Crippen molar-refractivity contribution in [2.75, 3.05) is 19.7 Å². The van der Waals surface area contributed by atoms with Gasteiger partial charge in [-0.15, -0.1) is 0 Å². The van der Waals surface area contributed by atoms with Gasteiger partial charge in [-0.2, -0.15) is 0 Å². The van der Waals surface area contributed by atoms with Crippen LogP contribution in [0.25, 0.3) is 0 Å². The molecule has 0 radical (unpaired) electrons. The molecule has 0 aliphatic carbocycles. The number of carbonyl (C=O) groups is 1. The fourth-order valence-corrected chi connectivity index (χ4v) is 2.82. The SMILES string of the molecule is C[C@@H](O)[C@H]1CCCN(C(=O)COc2ccccc2Br)C1. The molecule has 1 fully saturated rings. The highest BCUT2D eigenvalue weighted by atomic mass is 79.9. The molecule has 1 aliphatic rings. The van der Waals surface area contributed by atoms with E-state index in [1.54, 1.807) is 11.8 Å². The van der Waals surface area contributed by atoms with Crippen molar-refractivity contribution in [3.63, 3.8) is 0 Å². The van der Waals surface area contributed by atoms with Gasteiger partial charge in [-0.3, -0.25) is 4.79 Å². The van der Waals surface area contributed by atoms with Gasteiger partial charge in [0, 0.05) is 19.0 Å². The third kappa shape index (κ3) is 3.96. The molecule has 1 saturated heterocycles. The summed E-state index contributed by atoms with van der Waals surface area (Å²) in [5.74, 6) is 0.826. The lowest BCUT2D eigenvalue weighted by Crippen LogP contribution is -2.44. The van der Waals surface area contributed by atoms with Gasteiger partial charge in [0.15, 0.2) is 6.61 Å². The van der Waals surface area contributed by atoms with Gasteiger partial charge in [0.05, 0.1) is 10.6 Å². The number of likely N-dealkylation sites (tertiary alicyclic amines) is 1. The molecule has 4 nitrogen and oxygen atoms in total. The second-order valence-electron chi connectivity index (χ2n) is 5.20. The Morgan fingerprint density at radius 3 is 3.00 bits per heavy atom. The van der Waals surface area contributed by atoms with E-state index in [1.807, 2.05) is 24.3 Å². The molecule has 1 N–H and O–H groups in total. The van der Waals surface area contributed by atoms with Crippen molar-refractivity contribution in [1.82, 2.24) is 4.90 Å². The number of hydrogen-bond donors (Lipinski definition) is 1. The third-order valence-electron chi connectivity index (χ3n) is 3.68. The van der Waals surface area contributed by atoms with E-state index in [0.717, 1.165) is 23.9 Å². The number of aliphatic hydroxyl groups excluding tert-OH is 1. The normalized spacial score (nSPS) is 20.6. The predicted molar refractivity (Wildman–Crippen MR) is 80.6 cm³/mol. The van der Waals surface area contributed by atoms with E-state index in [-0.39, 0.29) is 24.5 Å². The highest BCUT2D eigenvalue weighted by Gasteiger charge is 2.26. The number of ether oxygens (including phenoxy) is 1. The van der Waals surface area contributed by atoms with Crippen molar-refractivity contribution in [2.24, 2.45) is 5.92 Å². The van der Waals surface area contributed by atoms with E-state index < -0.39 is 0 Å². The Bertz CT molecular complexity index is 464. The first-order valence-corrected chi connectivity index (χ1v) is 7.70. The molecule has 1 aliphatic heterocycles. The molecule has 1 amide bonds. The Kier molecular flexibility index (Phi) is 5.43. The number of para-hydroxylation sites is 1. The molecule has 1 aromatic rings. The van der Waals surface area contributed by atoms with Crippen LogP contribution in [0.2, 0.25) is 0 Å². The maximum Gasteiger partial charge on any atom is 0.260 e. The number of nitrogens with zero attached hydrogens (tertiary/aromatic N) is 1. The zero-order valence-electron chi connectivity index (χ0n) is 11.6. The summed E-state index contributed by atoms with van der Waals surface area (Å²) in [6.45, 7) is 3.20. The maximum absolute atomic E-state index is 12.2. The van der Waals surface area contributed by atoms with Crippen LogP contribution in [0.4, 0.5) is 0 Å². The summed E-state index contributed by atoms with van der Waals surface area (Å²) in [5, 5.41) is 9.65. The Morgan fingerprint density at radius 1 is 1.55 bits per heavy atom. The van der Waals surface area contributed by atoms with E-state index in [2.05, 4.69) is 15.9 Å². The van der Waals surface area contributed by atoms with Gasteiger partial charge in [-0.25, -0.2) is 0 Å². The monoisotopic (exact) mass is 341 g/mol. The van der Waals surface area contributed by atoms with Crippen molar-refractivity contribution in [2.45, 2.75) is 25.9 Å². The van der Waals surface area contributed by atoms with Gasteiger partial charge in [-0.05, 0) is 47.8 Å². The Balaban J connectivity index is 1.87. The molecule has 2 rings (SSSR count). The lowest BCUT2D eigenvalue weighted by Gasteiger charge is -2.34. The van der Waals surface area contributed by atoms with Gasteiger partial charge in [0.1, 0.15) is 5.75 Å². The zero-order chi connectivity index (χ0) is 14.5. The highest BCUT2D eigenvalue weighted by Crippen LogP contribution is 2.24. The standard InChI is InChI=1S/C15H20BrNO3/c1-11(18)12-5-4-8-17(9-12)15(19)10-20-14-7-3-2-6-13(14)16/h2-3,6-7,11-12,18H,4-5,8-10H2,1H3/t11-,12+/m1/s1. The van der Waals surface area contributed by atoms with Gasteiger partial charge in [0.2, 0.25) is 0 Å². The number of carbonyl (C=O) groups excluding carboxylic acids is 1. The Hall–Kier alpha value is -1.07. The minimum absolute atomic E-state index is 0.0221. The van der Waals surface area contributed by atoms with E-state index in [9.17, 15) is 9.90 Å². The van der Waals surface area contributed by atoms with Gasteiger partial charge in [-0.1, -0.05) is 12.1 Å². The van der Waals surface area contributed by atoms with Crippen LogP contribution in [-0.4, -0.2) is 41.7 Å². The van der Waals surface area contributed by atoms with Crippen LogP contribution in [-0.2, 0) is 4.79 Å². The van der Waals surface area contributed by atoms with Crippen molar-refractivity contribution in [3.8, 4) is 5.75 Å². The molecule has 1 aromatic carbocycles. The third-order valence-corrected chi connectivity index (χ3v) is 4.34. The van der Waals surface area contributed by atoms with Gasteiger partial charge in [0.25, 0.3) is 5.91 Å². The molecule has 20 heavy (non-hydrogen) atoms. The van der Waals surface area contributed by atoms with Crippen LogP contribution < -0.4 is 4.74 Å². The average Bonchev–Trinajstić information content (AvgIpc) is 2.46. The number of amides is 1. The first-order valence-electron chi connectivity index (χ1n) is 6.91. The van der Waals surface area contributed by atoms with Crippen molar-refractivity contribution in [3.05, 3.63) is 28.7 Å². The smallest absolute Gasteiger partial charge is 0.260 e. The number of piperidine rings is 1. The number of benzene rings is 1. The van der Waals surface area contributed by atoms with Crippen LogP contribution in [0, 0.1) is 5.92 Å². The molecule has 2 atom stereocenters.